The Kier molecular flexibility index (Phi) is 7.54. The number of aromatic nitrogens is 1. The second kappa shape index (κ2) is 10.6. The lowest BCUT2D eigenvalue weighted by Crippen LogP contribution is -2.60. The molecule has 3 aromatic rings. The molecule has 0 saturated carbocycles. The van der Waals surface area contributed by atoms with Gasteiger partial charge < -0.3 is 24.3 Å². The molecule has 1 aliphatic heterocycles. The van der Waals surface area contributed by atoms with Crippen LogP contribution in [0.2, 0.25) is 0 Å². The van der Waals surface area contributed by atoms with Crippen molar-refractivity contribution < 1.29 is 28.5 Å². The van der Waals surface area contributed by atoms with Gasteiger partial charge in [-0.15, -0.1) is 11.3 Å². The Hall–Kier alpha value is -3.85. The summed E-state index contributed by atoms with van der Waals surface area (Å²) in [6, 6.07) is 14.4. The molecule has 0 aliphatic carbocycles. The van der Waals surface area contributed by atoms with Gasteiger partial charge in [-0.05, 0) is 37.6 Å². The molecule has 1 aromatic heterocycles. The third-order valence-electron chi connectivity index (χ3n) is 6.87. The first kappa shape index (κ1) is 26.2. The van der Waals surface area contributed by atoms with E-state index in [0.717, 1.165) is 11.1 Å². The van der Waals surface area contributed by atoms with Crippen molar-refractivity contribution in [1.82, 2.24) is 10.3 Å². The third kappa shape index (κ3) is 4.33. The number of carbonyl (C=O) groups excluding carboxylic acids is 2. The molecule has 0 saturated heterocycles. The molecule has 3 atom stereocenters. The van der Waals surface area contributed by atoms with E-state index in [1.807, 2.05) is 61.7 Å². The molecule has 1 N–H and O–H groups in total. The van der Waals surface area contributed by atoms with Crippen molar-refractivity contribution in [3.05, 3.63) is 75.8 Å². The highest BCUT2D eigenvalue weighted by Gasteiger charge is 2.60. The van der Waals surface area contributed by atoms with E-state index < -0.39 is 29.3 Å². The Balaban J connectivity index is 2.01. The van der Waals surface area contributed by atoms with Gasteiger partial charge in [0.25, 0.3) is 0 Å². The molecule has 3 unspecified atom stereocenters. The number of esters is 2. The highest BCUT2D eigenvalue weighted by Crippen LogP contribution is 2.52. The zero-order valence-corrected chi connectivity index (χ0v) is 22.5. The SMILES string of the molecule is COC(=O)C1=C(C)NC(C)C(C(=O)OC)(c2nc(-c3cc(OC)ccc3OC)cs2)C1c1ccccc1. The number of benzene rings is 2. The summed E-state index contributed by atoms with van der Waals surface area (Å²) in [6.07, 6.45) is 0. The van der Waals surface area contributed by atoms with Gasteiger partial charge in [0.15, 0.2) is 5.41 Å². The predicted molar refractivity (Wildman–Crippen MR) is 141 cm³/mol. The molecular weight excluding hydrogens is 492 g/mol. The molecule has 1 aliphatic rings. The number of ether oxygens (including phenoxy) is 4. The van der Waals surface area contributed by atoms with E-state index >= 15 is 0 Å². The number of hydrogen-bond acceptors (Lipinski definition) is 9. The Morgan fingerprint density at radius 1 is 1.00 bits per heavy atom. The molecule has 0 bridgehead atoms. The molecular formula is C28H30N2O6S. The molecule has 0 fully saturated rings. The van der Waals surface area contributed by atoms with E-state index in [1.54, 1.807) is 20.3 Å². The molecule has 2 aromatic carbocycles. The topological polar surface area (TPSA) is 96.0 Å². The second-order valence-corrected chi connectivity index (χ2v) is 9.56. The van der Waals surface area contributed by atoms with Crippen LogP contribution in [0, 0.1) is 0 Å². The molecule has 0 amide bonds. The molecule has 8 nitrogen and oxygen atoms in total. The van der Waals surface area contributed by atoms with E-state index in [4.69, 9.17) is 23.9 Å². The van der Waals surface area contributed by atoms with Gasteiger partial charge in [0.05, 0.1) is 39.7 Å². The number of carbonyl (C=O) groups is 2. The first-order valence-electron chi connectivity index (χ1n) is 11.7. The van der Waals surface area contributed by atoms with Crippen LogP contribution in [0.15, 0.2) is 65.2 Å². The predicted octanol–water partition coefficient (Wildman–Crippen LogP) is 4.46. The Labute approximate surface area is 220 Å². The number of nitrogens with one attached hydrogen (secondary N) is 1. The van der Waals surface area contributed by atoms with Crippen LogP contribution in [0.1, 0.15) is 30.3 Å². The number of thiazole rings is 1. The maximum absolute atomic E-state index is 13.9. The van der Waals surface area contributed by atoms with Crippen molar-refractivity contribution >= 4 is 23.3 Å². The van der Waals surface area contributed by atoms with Crippen LogP contribution in [0.5, 0.6) is 11.5 Å². The van der Waals surface area contributed by atoms with Crippen LogP contribution in [-0.2, 0) is 24.5 Å². The molecule has 0 radical (unpaired) electrons. The summed E-state index contributed by atoms with van der Waals surface area (Å²) in [5, 5.41) is 5.71. The fourth-order valence-electron chi connectivity index (χ4n) is 5.13. The summed E-state index contributed by atoms with van der Waals surface area (Å²) in [5.74, 6) is -0.477. The number of hydrogen-bond donors (Lipinski definition) is 1. The molecule has 4 rings (SSSR count). The zero-order chi connectivity index (χ0) is 26.7. The first-order chi connectivity index (χ1) is 17.8. The van der Waals surface area contributed by atoms with Crippen molar-refractivity contribution in [2.75, 3.05) is 28.4 Å². The highest BCUT2D eigenvalue weighted by atomic mass is 32.1. The van der Waals surface area contributed by atoms with Crippen molar-refractivity contribution in [2.24, 2.45) is 0 Å². The summed E-state index contributed by atoms with van der Waals surface area (Å²) in [5.41, 5.74) is 1.73. The maximum atomic E-state index is 13.9. The minimum absolute atomic E-state index is 0.355. The van der Waals surface area contributed by atoms with Crippen LogP contribution < -0.4 is 14.8 Å². The highest BCUT2D eigenvalue weighted by molar-refractivity contribution is 7.10. The third-order valence-corrected chi connectivity index (χ3v) is 7.86. The van der Waals surface area contributed by atoms with Crippen molar-refractivity contribution in [2.45, 2.75) is 31.2 Å². The average Bonchev–Trinajstić information content (AvgIpc) is 3.42. The minimum Gasteiger partial charge on any atom is -0.497 e. The maximum Gasteiger partial charge on any atom is 0.336 e. The lowest BCUT2D eigenvalue weighted by Gasteiger charge is -2.46. The quantitative estimate of drug-likeness (QED) is 0.455. The summed E-state index contributed by atoms with van der Waals surface area (Å²) < 4.78 is 21.6. The van der Waals surface area contributed by atoms with E-state index in [9.17, 15) is 9.59 Å². The Bertz CT molecular complexity index is 1340. The lowest BCUT2D eigenvalue weighted by atomic mass is 9.62. The van der Waals surface area contributed by atoms with Gasteiger partial charge >= 0.3 is 11.9 Å². The molecule has 37 heavy (non-hydrogen) atoms. The van der Waals surface area contributed by atoms with Gasteiger partial charge in [0.1, 0.15) is 16.5 Å². The van der Waals surface area contributed by atoms with Crippen molar-refractivity contribution in [3.8, 4) is 22.8 Å². The van der Waals surface area contributed by atoms with Gasteiger partial charge in [-0.2, -0.15) is 0 Å². The number of allylic oxidation sites excluding steroid dienone is 1. The molecule has 2 heterocycles. The van der Waals surface area contributed by atoms with Gasteiger partial charge in [-0.3, -0.25) is 4.79 Å². The minimum atomic E-state index is -1.37. The first-order valence-corrected chi connectivity index (χ1v) is 12.6. The lowest BCUT2D eigenvalue weighted by molar-refractivity contribution is -0.150. The number of rotatable bonds is 7. The van der Waals surface area contributed by atoms with Crippen LogP contribution in [0.4, 0.5) is 0 Å². The summed E-state index contributed by atoms with van der Waals surface area (Å²) in [7, 11) is 5.86. The molecule has 194 valence electrons. The summed E-state index contributed by atoms with van der Waals surface area (Å²) in [4.78, 5) is 32.0. The van der Waals surface area contributed by atoms with E-state index in [-0.39, 0.29) is 0 Å². The van der Waals surface area contributed by atoms with Gasteiger partial charge in [-0.25, -0.2) is 9.78 Å². The van der Waals surface area contributed by atoms with E-state index in [2.05, 4.69) is 5.32 Å². The second-order valence-electron chi connectivity index (χ2n) is 8.70. The summed E-state index contributed by atoms with van der Waals surface area (Å²) in [6.45, 7) is 3.71. The van der Waals surface area contributed by atoms with E-state index in [1.165, 1.54) is 25.6 Å². The molecule has 0 spiro atoms. The van der Waals surface area contributed by atoms with Gasteiger partial charge in [-0.1, -0.05) is 30.3 Å². The number of nitrogens with zero attached hydrogens (tertiary/aromatic N) is 1. The molecule has 9 heteroatoms. The monoisotopic (exact) mass is 522 g/mol. The van der Waals surface area contributed by atoms with Crippen molar-refractivity contribution in [1.29, 1.82) is 0 Å². The van der Waals surface area contributed by atoms with E-state index in [0.29, 0.717) is 33.5 Å². The van der Waals surface area contributed by atoms with Gasteiger partial charge in [0, 0.05) is 28.6 Å². The largest absolute Gasteiger partial charge is 0.497 e. The van der Waals surface area contributed by atoms with Crippen LogP contribution in [0.3, 0.4) is 0 Å². The summed E-state index contributed by atoms with van der Waals surface area (Å²) >= 11 is 1.33. The standard InChI is InChI=1S/C28H30N2O6S/c1-16-23(25(31)35-5)24(18-10-8-7-9-11-18)28(17(2)29-16,27(32)36-6)26-30-21(15-37-26)20-14-19(33-3)12-13-22(20)34-4/h7-15,17,24,29H,1-6H3. The number of methoxy groups -OCH3 is 4. The zero-order valence-electron chi connectivity index (χ0n) is 21.7. The average molecular weight is 523 g/mol. The van der Waals surface area contributed by atoms with Crippen LogP contribution in [0.25, 0.3) is 11.3 Å². The van der Waals surface area contributed by atoms with Crippen LogP contribution in [-0.4, -0.2) is 51.4 Å². The van der Waals surface area contributed by atoms with Gasteiger partial charge in [0.2, 0.25) is 0 Å². The van der Waals surface area contributed by atoms with Crippen molar-refractivity contribution in [3.63, 3.8) is 0 Å². The van der Waals surface area contributed by atoms with Crippen LogP contribution >= 0.6 is 11.3 Å². The fourth-order valence-corrected chi connectivity index (χ4v) is 6.25. The normalized spacial score (nSPS) is 21.1. The Morgan fingerprint density at radius 2 is 1.73 bits per heavy atom. The smallest absolute Gasteiger partial charge is 0.336 e. The fraction of sp³-hybridized carbons (Fsp3) is 0.321. The Morgan fingerprint density at radius 3 is 2.35 bits per heavy atom.